The molecule has 0 unspecified atom stereocenters. The van der Waals surface area contributed by atoms with Gasteiger partial charge in [-0.3, -0.25) is 29.5 Å². The Hall–Kier alpha value is -4.46. The topological polar surface area (TPSA) is 110 Å². The van der Waals surface area contributed by atoms with Gasteiger partial charge in [-0.2, -0.15) is 5.10 Å². The molecule has 0 bridgehead atoms. The number of fused-ring (bicyclic) bond motifs is 5. The number of Topliss-reactive ketones (excluding diaryl/α,β-unsaturated/α-hetero) is 3. The maximum absolute atomic E-state index is 14.6. The van der Waals surface area contributed by atoms with Gasteiger partial charge in [-0.1, -0.05) is 81.4 Å². The highest BCUT2D eigenvalue weighted by molar-refractivity contribution is 6.31. The van der Waals surface area contributed by atoms with Crippen LogP contribution in [0.2, 0.25) is 0 Å². The first kappa shape index (κ1) is 23.9. The van der Waals surface area contributed by atoms with Crippen LogP contribution >= 0.6 is 0 Å². The standard InChI is InChI=1S/C30H25N3O5/c1-29(2,3)28(36)24-23(17-12-14-19(15-13-17)33(37)38)30(26(34)21-10-6-7-11-22(21)27(30)35)25-20-9-5-4-8-18(20)16-31-32(24)25/h4-16,23-25H,1-3H3/t23-,24+,25+/m0/s1. The van der Waals surface area contributed by atoms with E-state index in [1.165, 1.54) is 12.1 Å². The van der Waals surface area contributed by atoms with Crippen LogP contribution in [0.5, 0.6) is 0 Å². The number of hydrogen-bond acceptors (Lipinski definition) is 7. The first-order valence-electron chi connectivity index (χ1n) is 12.5. The van der Waals surface area contributed by atoms with Crippen LogP contribution in [0, 0.1) is 20.9 Å². The summed E-state index contributed by atoms with van der Waals surface area (Å²) in [5.74, 6) is -1.80. The van der Waals surface area contributed by atoms with Crippen molar-refractivity contribution in [3.8, 4) is 0 Å². The van der Waals surface area contributed by atoms with Gasteiger partial charge >= 0.3 is 0 Å². The Bertz CT molecular complexity index is 1530. The molecule has 0 saturated carbocycles. The summed E-state index contributed by atoms with van der Waals surface area (Å²) in [7, 11) is 0. The van der Waals surface area contributed by atoms with E-state index in [9.17, 15) is 24.5 Å². The molecule has 2 aliphatic heterocycles. The van der Waals surface area contributed by atoms with E-state index >= 15 is 0 Å². The summed E-state index contributed by atoms with van der Waals surface area (Å²) in [5, 5.41) is 17.7. The molecular formula is C30H25N3O5. The van der Waals surface area contributed by atoms with Gasteiger partial charge in [0, 0.05) is 34.6 Å². The number of carbonyl (C=O) groups is 3. The minimum absolute atomic E-state index is 0.118. The van der Waals surface area contributed by atoms with E-state index in [4.69, 9.17) is 5.10 Å². The van der Waals surface area contributed by atoms with Gasteiger partial charge in [-0.25, -0.2) is 0 Å². The maximum atomic E-state index is 14.6. The van der Waals surface area contributed by atoms with Gasteiger partial charge in [0.05, 0.1) is 17.2 Å². The normalized spacial score (nSPS) is 22.8. The van der Waals surface area contributed by atoms with Crippen molar-refractivity contribution < 1.29 is 19.3 Å². The summed E-state index contributed by atoms with van der Waals surface area (Å²) < 4.78 is 0. The van der Waals surface area contributed by atoms with Crippen molar-refractivity contribution in [1.29, 1.82) is 0 Å². The predicted molar refractivity (Wildman–Crippen MR) is 140 cm³/mol. The first-order valence-corrected chi connectivity index (χ1v) is 12.5. The van der Waals surface area contributed by atoms with Gasteiger partial charge in [-0.05, 0) is 16.7 Å². The monoisotopic (exact) mass is 507 g/mol. The molecule has 38 heavy (non-hydrogen) atoms. The van der Waals surface area contributed by atoms with E-state index < -0.39 is 33.8 Å². The Kier molecular flexibility index (Phi) is 5.04. The Balaban J connectivity index is 1.69. The van der Waals surface area contributed by atoms with E-state index in [2.05, 4.69) is 0 Å². The van der Waals surface area contributed by atoms with Gasteiger partial charge in [0.2, 0.25) is 0 Å². The smallest absolute Gasteiger partial charge is 0.269 e. The highest BCUT2D eigenvalue weighted by Gasteiger charge is 2.73. The van der Waals surface area contributed by atoms with E-state index in [-0.39, 0.29) is 23.0 Å². The highest BCUT2D eigenvalue weighted by atomic mass is 16.6. The van der Waals surface area contributed by atoms with Crippen molar-refractivity contribution >= 4 is 29.3 Å². The predicted octanol–water partition coefficient (Wildman–Crippen LogP) is 5.13. The number of nitro benzene ring substituents is 1. The summed E-state index contributed by atoms with van der Waals surface area (Å²) >= 11 is 0. The second-order valence-electron chi connectivity index (χ2n) is 11.1. The molecule has 1 saturated heterocycles. The molecule has 8 heteroatoms. The molecule has 1 fully saturated rings. The molecule has 8 nitrogen and oxygen atoms in total. The number of nitrogens with zero attached hydrogens (tertiary/aromatic N) is 3. The second-order valence-corrected chi connectivity index (χ2v) is 11.1. The Morgan fingerprint density at radius 1 is 0.921 bits per heavy atom. The number of benzene rings is 3. The van der Waals surface area contributed by atoms with Crippen LogP contribution in [0.1, 0.15) is 70.1 Å². The number of hydrogen-bond donors (Lipinski definition) is 0. The third-order valence-electron chi connectivity index (χ3n) is 8.05. The summed E-state index contributed by atoms with van der Waals surface area (Å²) in [5.41, 5.74) is 0.0515. The molecule has 1 spiro atoms. The molecule has 190 valence electrons. The molecule has 3 aromatic carbocycles. The van der Waals surface area contributed by atoms with E-state index in [1.54, 1.807) is 68.4 Å². The largest absolute Gasteiger partial charge is 0.297 e. The van der Waals surface area contributed by atoms with Gasteiger partial charge in [0.25, 0.3) is 5.69 Å². The minimum atomic E-state index is -1.68. The number of nitro groups is 1. The van der Waals surface area contributed by atoms with Crippen molar-refractivity contribution in [2.24, 2.45) is 15.9 Å². The molecule has 3 aliphatic rings. The molecule has 0 N–H and O–H groups in total. The fraction of sp³-hybridized carbons (Fsp3) is 0.267. The van der Waals surface area contributed by atoms with E-state index in [0.29, 0.717) is 16.7 Å². The van der Waals surface area contributed by atoms with Crippen LogP contribution in [0.4, 0.5) is 5.69 Å². The lowest BCUT2D eigenvalue weighted by atomic mass is 9.62. The molecule has 3 aromatic rings. The zero-order valence-electron chi connectivity index (χ0n) is 21.1. The van der Waals surface area contributed by atoms with Crippen molar-refractivity contribution in [3.63, 3.8) is 0 Å². The van der Waals surface area contributed by atoms with Gasteiger partial charge in [-0.15, -0.1) is 0 Å². The molecule has 1 aliphatic carbocycles. The summed E-state index contributed by atoms with van der Waals surface area (Å²) in [6, 6.07) is 18.3. The maximum Gasteiger partial charge on any atom is 0.269 e. The molecule has 3 atom stereocenters. The molecule has 0 radical (unpaired) electrons. The van der Waals surface area contributed by atoms with Crippen LogP contribution in [-0.2, 0) is 4.79 Å². The average Bonchev–Trinajstić information content (AvgIpc) is 3.34. The number of carbonyl (C=O) groups excluding carboxylic acids is 3. The van der Waals surface area contributed by atoms with Crippen LogP contribution in [0.3, 0.4) is 0 Å². The number of non-ortho nitro benzene ring substituents is 1. The van der Waals surface area contributed by atoms with Crippen molar-refractivity contribution in [2.75, 3.05) is 0 Å². The molecule has 0 aromatic heterocycles. The molecule has 2 heterocycles. The lowest BCUT2D eigenvalue weighted by Gasteiger charge is -2.36. The summed E-state index contributed by atoms with van der Waals surface area (Å²) in [6.07, 6.45) is 1.66. The zero-order valence-corrected chi connectivity index (χ0v) is 21.1. The number of ketones is 3. The Morgan fingerprint density at radius 2 is 1.50 bits per heavy atom. The van der Waals surface area contributed by atoms with Gasteiger partial charge in [0.1, 0.15) is 11.5 Å². The van der Waals surface area contributed by atoms with Crippen LogP contribution in [0.15, 0.2) is 77.9 Å². The number of hydrazone groups is 1. The minimum Gasteiger partial charge on any atom is -0.297 e. The quantitative estimate of drug-likeness (QED) is 0.276. The van der Waals surface area contributed by atoms with Gasteiger partial charge in [0.15, 0.2) is 17.3 Å². The van der Waals surface area contributed by atoms with Crippen molar-refractivity contribution in [3.05, 3.63) is 111 Å². The third-order valence-corrected chi connectivity index (χ3v) is 8.05. The van der Waals surface area contributed by atoms with Gasteiger partial charge < -0.3 is 0 Å². The lowest BCUT2D eigenvalue weighted by Crippen LogP contribution is -2.45. The zero-order chi connectivity index (χ0) is 27.0. The molecule has 6 rings (SSSR count). The Labute approximate surface area is 219 Å². The highest BCUT2D eigenvalue weighted by Crippen LogP contribution is 2.65. The molecular weight excluding hydrogens is 482 g/mol. The lowest BCUT2D eigenvalue weighted by molar-refractivity contribution is -0.384. The van der Waals surface area contributed by atoms with Crippen LogP contribution in [0.25, 0.3) is 0 Å². The first-order chi connectivity index (χ1) is 18.1. The van der Waals surface area contributed by atoms with Crippen LogP contribution in [-0.4, -0.2) is 39.5 Å². The average molecular weight is 508 g/mol. The fourth-order valence-electron chi connectivity index (χ4n) is 6.40. The van der Waals surface area contributed by atoms with Crippen molar-refractivity contribution in [1.82, 2.24) is 5.01 Å². The van der Waals surface area contributed by atoms with Crippen LogP contribution < -0.4 is 0 Å². The molecule has 0 amide bonds. The summed E-state index contributed by atoms with van der Waals surface area (Å²) in [6.45, 7) is 5.41. The SMILES string of the molecule is CC(C)(C)C(=O)[C@H]1[C@H](c2ccc([N+](=O)[O-])cc2)C2(C(=O)c3ccccc3C2=O)[C@H]2c3ccccc3C=NN12. The number of rotatable bonds is 3. The van der Waals surface area contributed by atoms with E-state index in [1.807, 2.05) is 24.3 Å². The fourth-order valence-corrected chi connectivity index (χ4v) is 6.40. The second kappa shape index (κ2) is 8.02. The third kappa shape index (κ3) is 3.03. The summed E-state index contributed by atoms with van der Waals surface area (Å²) in [4.78, 5) is 54.2. The Morgan fingerprint density at radius 3 is 2.08 bits per heavy atom. The van der Waals surface area contributed by atoms with Crippen molar-refractivity contribution in [2.45, 2.75) is 38.8 Å². The van der Waals surface area contributed by atoms with E-state index in [0.717, 1.165) is 11.1 Å².